The molecule has 142 heavy (non-hydrogen) atoms. The average Bonchev–Trinajstić information content (AvgIpc) is 1.59. The first kappa shape index (κ1) is 127. The molecular formula is C130H230N4O8. The number of benzene rings is 3. The van der Waals surface area contributed by atoms with Crippen molar-refractivity contribution >= 4 is 0 Å². The minimum atomic E-state index is 0.405. The van der Waals surface area contributed by atoms with Gasteiger partial charge in [0.1, 0.15) is 0 Å². The molecule has 0 aliphatic carbocycles. The molecule has 12 heteroatoms. The van der Waals surface area contributed by atoms with Crippen molar-refractivity contribution in [2.45, 2.75) is 658 Å². The Hall–Kier alpha value is -5.26. The van der Waals surface area contributed by atoms with Gasteiger partial charge in [-0.15, -0.1) is 20.4 Å². The highest BCUT2D eigenvalue weighted by molar-refractivity contribution is 5.69. The number of hydrogen-bond acceptors (Lipinski definition) is 12. The maximum atomic E-state index is 6.91. The molecule has 12 nitrogen and oxygen atoms in total. The van der Waals surface area contributed by atoms with E-state index in [-0.39, 0.29) is 0 Å². The van der Waals surface area contributed by atoms with Crippen LogP contribution < -0.4 is 28.4 Å². The molecule has 0 bridgehead atoms. The zero-order valence-electron chi connectivity index (χ0n) is 94.8. The monoisotopic (exact) mass is 1980 g/mol. The molecule has 5 aromatic rings. The highest BCUT2D eigenvalue weighted by Crippen LogP contribution is 2.45. The highest BCUT2D eigenvalue weighted by Gasteiger charge is 2.24. The largest absolute Gasteiger partial charge is 0.490 e. The lowest BCUT2D eigenvalue weighted by molar-refractivity contribution is 0.234. The SMILES string of the molecule is CCCCCCCCCCCCCCCCCCOc1cc(-c2nnc(-c3ccc(-c4nnc(-c5cc(OCCCCCCCCCCCCCCCCCC)c(OCCCCCCCCCCCCCCCCCC)c(OCCCCCCCCCCCCCCCCCC)c5)o4)cc3)o2)cc(OCCCCCCCCCCCCCCCCCC)c1OCCCCCCCCCCCCCCCCCC. The lowest BCUT2D eigenvalue weighted by Crippen LogP contribution is -2.07. The van der Waals surface area contributed by atoms with E-state index < -0.39 is 0 Å². The first-order valence-corrected chi connectivity index (χ1v) is 63.4. The molecule has 0 spiro atoms. The molecule has 818 valence electrons. The molecule has 2 aromatic heterocycles. The Kier molecular flexibility index (Phi) is 87.6. The minimum Gasteiger partial charge on any atom is -0.490 e. The van der Waals surface area contributed by atoms with Gasteiger partial charge in [0.15, 0.2) is 23.0 Å². The molecule has 0 aliphatic rings. The van der Waals surface area contributed by atoms with Crippen LogP contribution in [0.5, 0.6) is 34.5 Å². The van der Waals surface area contributed by atoms with Crippen molar-refractivity contribution in [2.75, 3.05) is 39.6 Å². The Morgan fingerprint density at radius 1 is 0.141 bits per heavy atom. The number of ether oxygens (including phenoxy) is 6. The van der Waals surface area contributed by atoms with Gasteiger partial charge in [-0.2, -0.15) is 0 Å². The molecule has 0 atom stereocenters. The predicted octanol–water partition coefficient (Wildman–Crippen LogP) is 45.0. The second kappa shape index (κ2) is 97.8. The van der Waals surface area contributed by atoms with E-state index >= 15 is 0 Å². The first-order chi connectivity index (χ1) is 70.5. The van der Waals surface area contributed by atoms with E-state index in [1.165, 1.54) is 539 Å². The lowest BCUT2D eigenvalue weighted by atomic mass is 10.0. The standard InChI is InChI=1S/C130H230N4O8/c1-7-13-19-25-31-37-43-49-55-61-67-73-79-85-91-97-107-135-121-113-119(114-122(136-108-98-92-86-80-74-68-62-56-50-44-38-32-26-20-14-8-2)125(121)139-111-101-95-89-83-77-71-65-59-53-47-41-35-29-23-17-11-5)129-133-131-127(141-129)117-103-105-118(106-104-117)128-132-134-130(142-128)120-115-123(137-109-99-93-87-81-75-69-63-57-51-45-39-33-27-21-15-9-3)126(140-112-102-96-90-84-78-72-66-60-54-48-42-36-30-24-18-12-6)124(116-120)138-110-100-94-88-82-76-70-64-58-52-46-40-34-28-22-16-10-4/h103-106,113-116H,7-102,107-112H2,1-6H3. The van der Waals surface area contributed by atoms with Crippen LogP contribution in [0.25, 0.3) is 45.8 Å². The summed E-state index contributed by atoms with van der Waals surface area (Å²) in [5.74, 6) is 5.79. The summed E-state index contributed by atoms with van der Waals surface area (Å²) in [6.45, 7) is 17.5. The molecule has 0 unspecified atom stereocenters. The van der Waals surface area contributed by atoms with Crippen molar-refractivity contribution in [3.63, 3.8) is 0 Å². The molecule has 0 N–H and O–H groups in total. The summed E-state index contributed by atoms with van der Waals surface area (Å²) in [7, 11) is 0. The van der Waals surface area contributed by atoms with Gasteiger partial charge in [-0.1, -0.05) is 619 Å². The van der Waals surface area contributed by atoms with E-state index in [1.807, 2.05) is 24.3 Å². The summed E-state index contributed by atoms with van der Waals surface area (Å²) in [6.07, 6.45) is 128. The van der Waals surface area contributed by atoms with E-state index in [9.17, 15) is 0 Å². The second-order valence-corrected chi connectivity index (χ2v) is 43.9. The fraction of sp³-hybridized carbons (Fsp3) is 0.831. The number of nitrogens with zero attached hydrogens (tertiary/aromatic N) is 4. The molecule has 0 saturated carbocycles. The maximum absolute atomic E-state index is 6.91. The van der Waals surface area contributed by atoms with Crippen LogP contribution in [0.4, 0.5) is 0 Å². The zero-order valence-corrected chi connectivity index (χ0v) is 94.8. The molecule has 2 heterocycles. The smallest absolute Gasteiger partial charge is 0.248 e. The summed E-state index contributed by atoms with van der Waals surface area (Å²) < 4.78 is 54.8. The Morgan fingerprint density at radius 2 is 0.254 bits per heavy atom. The van der Waals surface area contributed by atoms with E-state index in [2.05, 4.69) is 65.8 Å². The Labute approximate surface area is 878 Å². The van der Waals surface area contributed by atoms with Crippen LogP contribution >= 0.6 is 0 Å². The molecule has 0 amide bonds. The number of unbranched alkanes of at least 4 members (excludes halogenated alkanes) is 90. The summed E-state index contributed by atoms with van der Waals surface area (Å²) in [5.41, 5.74) is 3.08. The van der Waals surface area contributed by atoms with Crippen LogP contribution in [0.3, 0.4) is 0 Å². The topological polar surface area (TPSA) is 133 Å². The van der Waals surface area contributed by atoms with Crippen LogP contribution in [0, 0.1) is 0 Å². The Bertz CT molecular complexity index is 3120. The van der Waals surface area contributed by atoms with Gasteiger partial charge in [0.05, 0.1) is 39.6 Å². The first-order valence-electron chi connectivity index (χ1n) is 63.4. The molecule has 0 radical (unpaired) electrons. The third-order valence-corrected chi connectivity index (χ3v) is 30.3. The van der Waals surface area contributed by atoms with Gasteiger partial charge in [-0.25, -0.2) is 0 Å². The minimum absolute atomic E-state index is 0.405. The number of aromatic nitrogens is 4. The molecule has 0 fully saturated rings. The third-order valence-electron chi connectivity index (χ3n) is 30.3. The van der Waals surface area contributed by atoms with Crippen molar-refractivity contribution in [2.24, 2.45) is 0 Å². The summed E-state index contributed by atoms with van der Waals surface area (Å²) in [4.78, 5) is 0. The van der Waals surface area contributed by atoms with Crippen LogP contribution in [-0.2, 0) is 0 Å². The van der Waals surface area contributed by atoms with Gasteiger partial charge < -0.3 is 37.3 Å². The van der Waals surface area contributed by atoms with E-state index in [1.54, 1.807) is 0 Å². The third kappa shape index (κ3) is 70.6. The zero-order chi connectivity index (χ0) is 100. The molecule has 0 saturated heterocycles. The van der Waals surface area contributed by atoms with Crippen molar-refractivity contribution in [3.05, 3.63) is 48.5 Å². The van der Waals surface area contributed by atoms with Crippen LogP contribution in [0.2, 0.25) is 0 Å². The summed E-state index contributed by atoms with van der Waals surface area (Å²) in [6, 6.07) is 16.3. The van der Waals surface area contributed by atoms with Gasteiger partial charge in [0.25, 0.3) is 0 Å². The molecule has 3 aromatic carbocycles. The maximum Gasteiger partial charge on any atom is 0.248 e. The van der Waals surface area contributed by atoms with Gasteiger partial charge in [-0.3, -0.25) is 0 Å². The fourth-order valence-corrected chi connectivity index (χ4v) is 20.8. The van der Waals surface area contributed by atoms with Crippen LogP contribution in [-0.4, -0.2) is 60.0 Å². The average molecular weight is 1980 g/mol. The van der Waals surface area contributed by atoms with Crippen molar-refractivity contribution in [1.82, 2.24) is 20.4 Å². The van der Waals surface area contributed by atoms with Gasteiger partial charge >= 0.3 is 0 Å². The molecule has 5 rings (SSSR count). The van der Waals surface area contributed by atoms with E-state index in [0.717, 1.165) is 99.3 Å². The predicted molar refractivity (Wildman–Crippen MR) is 614 cm³/mol. The van der Waals surface area contributed by atoms with E-state index in [0.29, 0.717) is 97.7 Å². The fourth-order valence-electron chi connectivity index (χ4n) is 20.8. The Morgan fingerprint density at radius 3 is 0.387 bits per heavy atom. The number of rotatable bonds is 112. The highest BCUT2D eigenvalue weighted by atomic mass is 16.5. The summed E-state index contributed by atoms with van der Waals surface area (Å²) >= 11 is 0. The van der Waals surface area contributed by atoms with Crippen molar-refractivity contribution in [1.29, 1.82) is 0 Å². The van der Waals surface area contributed by atoms with Gasteiger partial charge in [0.2, 0.25) is 35.1 Å². The van der Waals surface area contributed by atoms with E-state index in [4.69, 9.17) is 57.7 Å². The Balaban J connectivity index is 1.33. The summed E-state index contributed by atoms with van der Waals surface area (Å²) in [5, 5.41) is 19.0. The molecular weight excluding hydrogens is 1750 g/mol. The van der Waals surface area contributed by atoms with Crippen LogP contribution in [0.1, 0.15) is 658 Å². The van der Waals surface area contributed by atoms with Crippen LogP contribution in [0.15, 0.2) is 57.4 Å². The van der Waals surface area contributed by atoms with Gasteiger partial charge in [0, 0.05) is 22.3 Å². The van der Waals surface area contributed by atoms with Crippen molar-refractivity contribution in [3.8, 4) is 80.3 Å². The lowest BCUT2D eigenvalue weighted by Gasteiger charge is -2.18. The second-order valence-electron chi connectivity index (χ2n) is 43.9. The normalized spacial score (nSPS) is 11.6. The quantitative estimate of drug-likeness (QED) is 0.0343. The number of hydrogen-bond donors (Lipinski definition) is 0. The molecule has 0 aliphatic heterocycles. The van der Waals surface area contributed by atoms with Crippen molar-refractivity contribution < 1.29 is 37.3 Å². The van der Waals surface area contributed by atoms with Gasteiger partial charge in [-0.05, 0) is 87.1 Å².